The first-order valence-electron chi connectivity index (χ1n) is 8.48. The molecular weight excluding hydrogens is 374 g/mol. The van der Waals surface area contributed by atoms with Gasteiger partial charge < -0.3 is 14.8 Å². The molecule has 1 atom stereocenters. The van der Waals surface area contributed by atoms with Crippen LogP contribution in [0.4, 0.5) is 4.79 Å². The van der Waals surface area contributed by atoms with Gasteiger partial charge in [0.2, 0.25) is 0 Å². The highest BCUT2D eigenvalue weighted by molar-refractivity contribution is 7.85. The Labute approximate surface area is 160 Å². The third kappa shape index (κ3) is 12.0. The van der Waals surface area contributed by atoms with E-state index in [1.807, 2.05) is 30.3 Å². The number of ether oxygens (including phenoxy) is 2. The summed E-state index contributed by atoms with van der Waals surface area (Å²) in [5.41, 5.74) is 0.133. The summed E-state index contributed by atoms with van der Waals surface area (Å²) in [6.07, 6.45) is 0.186. The zero-order valence-corrected chi connectivity index (χ0v) is 16.9. The molecule has 0 saturated carbocycles. The van der Waals surface area contributed by atoms with Gasteiger partial charge in [-0.1, -0.05) is 30.3 Å². The Hall–Kier alpha value is -2.13. The fourth-order valence-corrected chi connectivity index (χ4v) is 2.44. The molecule has 0 spiro atoms. The zero-order valence-electron chi connectivity index (χ0n) is 16.1. The van der Waals surface area contributed by atoms with Crippen molar-refractivity contribution in [3.8, 4) is 0 Å². The quantitative estimate of drug-likeness (QED) is 0.500. The Balaban J connectivity index is 2.59. The normalized spacial score (nSPS) is 12.9. The number of rotatable bonds is 9. The van der Waals surface area contributed by atoms with Gasteiger partial charge in [0.1, 0.15) is 12.2 Å². The first-order chi connectivity index (χ1) is 12.4. The lowest BCUT2D eigenvalue weighted by Gasteiger charge is -2.23. The summed E-state index contributed by atoms with van der Waals surface area (Å²) in [6.45, 7) is 5.07. The highest BCUT2D eigenvalue weighted by atomic mass is 32.2. The van der Waals surface area contributed by atoms with E-state index in [-0.39, 0.29) is 26.1 Å². The van der Waals surface area contributed by atoms with Gasteiger partial charge >= 0.3 is 12.1 Å². The Morgan fingerprint density at radius 3 is 2.33 bits per heavy atom. The lowest BCUT2D eigenvalue weighted by atomic mass is 10.1. The molecular formula is C18H27NO7S. The van der Waals surface area contributed by atoms with Crippen LogP contribution in [0.3, 0.4) is 0 Å². The van der Waals surface area contributed by atoms with Crippen LogP contribution >= 0.6 is 0 Å². The molecule has 1 N–H and O–H groups in total. The molecule has 0 radical (unpaired) electrons. The molecule has 0 bridgehead atoms. The molecule has 0 fully saturated rings. The van der Waals surface area contributed by atoms with Crippen molar-refractivity contribution in [3.05, 3.63) is 35.9 Å². The summed E-state index contributed by atoms with van der Waals surface area (Å²) in [7, 11) is -3.61. The van der Waals surface area contributed by atoms with Gasteiger partial charge in [0.25, 0.3) is 10.1 Å². The van der Waals surface area contributed by atoms with Gasteiger partial charge in [-0.25, -0.2) is 4.79 Å². The van der Waals surface area contributed by atoms with Gasteiger partial charge in [-0.2, -0.15) is 8.42 Å². The minimum Gasteiger partial charge on any atom is -0.461 e. The van der Waals surface area contributed by atoms with Crippen LogP contribution in [-0.2, 0) is 35.2 Å². The predicted molar refractivity (Wildman–Crippen MR) is 99.4 cm³/mol. The van der Waals surface area contributed by atoms with Crippen LogP contribution in [0.5, 0.6) is 0 Å². The van der Waals surface area contributed by atoms with Crippen molar-refractivity contribution in [3.63, 3.8) is 0 Å². The average Bonchev–Trinajstić information content (AvgIpc) is 2.50. The number of nitrogens with one attached hydrogen (secondary N) is 1. The smallest absolute Gasteiger partial charge is 0.407 e. The van der Waals surface area contributed by atoms with Crippen molar-refractivity contribution in [2.45, 2.75) is 51.9 Å². The van der Waals surface area contributed by atoms with Crippen LogP contribution in [0.2, 0.25) is 0 Å². The molecule has 0 aliphatic carbocycles. The van der Waals surface area contributed by atoms with Gasteiger partial charge in [0.15, 0.2) is 0 Å². The predicted octanol–water partition coefficient (Wildman–Crippen LogP) is 2.38. The van der Waals surface area contributed by atoms with E-state index < -0.39 is 33.8 Å². The van der Waals surface area contributed by atoms with Crippen LogP contribution in [0.25, 0.3) is 0 Å². The van der Waals surface area contributed by atoms with E-state index in [2.05, 4.69) is 9.50 Å². The standard InChI is InChI=1S/C18H27NO7S/c1-18(2,3)26-17(21)19-15(10-11-25-27(4,22)23)12-16(20)24-13-14-8-6-5-7-9-14/h5-9,15H,10-13H2,1-4H3,(H,19,21)/t15-/m1/s1. The summed E-state index contributed by atoms with van der Waals surface area (Å²) in [5, 5.41) is 2.55. The number of benzene rings is 1. The summed E-state index contributed by atoms with van der Waals surface area (Å²) in [5.74, 6) is -0.528. The van der Waals surface area contributed by atoms with Crippen molar-refractivity contribution in [2.24, 2.45) is 0 Å². The molecule has 152 valence electrons. The minimum atomic E-state index is -3.61. The van der Waals surface area contributed by atoms with E-state index in [1.165, 1.54) is 0 Å². The largest absolute Gasteiger partial charge is 0.461 e. The highest BCUT2D eigenvalue weighted by Gasteiger charge is 2.22. The van der Waals surface area contributed by atoms with Gasteiger partial charge in [-0.05, 0) is 32.8 Å². The number of alkyl carbamates (subject to hydrolysis) is 1. The van der Waals surface area contributed by atoms with Gasteiger partial charge in [0.05, 0.1) is 19.3 Å². The SMILES string of the molecule is CC(C)(C)OC(=O)N[C@H](CCOS(C)(=O)=O)CC(=O)OCc1ccccc1. The van der Waals surface area contributed by atoms with Crippen molar-refractivity contribution in [1.82, 2.24) is 5.32 Å². The molecule has 1 amide bonds. The van der Waals surface area contributed by atoms with E-state index in [1.54, 1.807) is 20.8 Å². The maximum Gasteiger partial charge on any atom is 0.407 e. The minimum absolute atomic E-state index is 0.104. The number of hydrogen-bond acceptors (Lipinski definition) is 7. The second-order valence-corrected chi connectivity index (χ2v) is 8.65. The van der Waals surface area contributed by atoms with Crippen LogP contribution in [-0.4, -0.2) is 45.0 Å². The number of carbonyl (C=O) groups excluding carboxylic acids is 2. The van der Waals surface area contributed by atoms with Crippen LogP contribution in [0.15, 0.2) is 30.3 Å². The summed E-state index contributed by atoms with van der Waals surface area (Å²) in [6, 6.07) is 8.48. The van der Waals surface area contributed by atoms with Gasteiger partial charge in [-0.3, -0.25) is 8.98 Å². The lowest BCUT2D eigenvalue weighted by molar-refractivity contribution is -0.145. The molecule has 1 aromatic carbocycles. The molecule has 0 saturated heterocycles. The topological polar surface area (TPSA) is 108 Å². The Kier molecular flexibility index (Phi) is 8.71. The van der Waals surface area contributed by atoms with Crippen molar-refractivity contribution in [1.29, 1.82) is 0 Å². The Morgan fingerprint density at radius 1 is 1.15 bits per heavy atom. The van der Waals surface area contributed by atoms with Gasteiger partial charge in [0, 0.05) is 6.04 Å². The summed E-state index contributed by atoms with van der Waals surface area (Å²) in [4.78, 5) is 24.0. The number of hydrogen-bond donors (Lipinski definition) is 1. The fraction of sp³-hybridized carbons (Fsp3) is 0.556. The van der Waals surface area contributed by atoms with Crippen molar-refractivity contribution >= 4 is 22.2 Å². The molecule has 8 nitrogen and oxygen atoms in total. The number of esters is 1. The second-order valence-electron chi connectivity index (χ2n) is 7.01. The maximum atomic E-state index is 12.1. The van der Waals surface area contributed by atoms with Crippen LogP contribution in [0, 0.1) is 0 Å². The van der Waals surface area contributed by atoms with E-state index in [4.69, 9.17) is 9.47 Å². The van der Waals surface area contributed by atoms with E-state index in [0.29, 0.717) is 0 Å². The van der Waals surface area contributed by atoms with E-state index in [9.17, 15) is 18.0 Å². The van der Waals surface area contributed by atoms with E-state index >= 15 is 0 Å². The van der Waals surface area contributed by atoms with Crippen LogP contribution < -0.4 is 5.32 Å². The molecule has 9 heteroatoms. The molecule has 0 aromatic heterocycles. The monoisotopic (exact) mass is 401 g/mol. The van der Waals surface area contributed by atoms with E-state index in [0.717, 1.165) is 11.8 Å². The molecule has 0 unspecified atom stereocenters. The highest BCUT2D eigenvalue weighted by Crippen LogP contribution is 2.10. The Morgan fingerprint density at radius 2 is 1.78 bits per heavy atom. The number of amides is 1. The second kappa shape index (κ2) is 10.3. The molecule has 0 heterocycles. The van der Waals surface area contributed by atoms with Crippen molar-refractivity contribution < 1.29 is 31.7 Å². The lowest BCUT2D eigenvalue weighted by Crippen LogP contribution is -2.41. The molecule has 1 rings (SSSR count). The summed E-state index contributed by atoms with van der Waals surface area (Å²) < 4.78 is 37.2. The maximum absolute atomic E-state index is 12.1. The van der Waals surface area contributed by atoms with Crippen LogP contribution in [0.1, 0.15) is 39.2 Å². The fourth-order valence-electron chi connectivity index (χ4n) is 2.04. The Bertz CT molecular complexity index is 711. The first kappa shape index (κ1) is 22.9. The molecule has 0 aliphatic rings. The third-order valence-electron chi connectivity index (χ3n) is 3.14. The van der Waals surface area contributed by atoms with Crippen molar-refractivity contribution in [2.75, 3.05) is 12.9 Å². The van der Waals surface area contributed by atoms with Gasteiger partial charge in [-0.15, -0.1) is 0 Å². The average molecular weight is 401 g/mol. The first-order valence-corrected chi connectivity index (χ1v) is 10.3. The number of carbonyl (C=O) groups is 2. The molecule has 0 aliphatic heterocycles. The zero-order chi connectivity index (χ0) is 20.5. The summed E-state index contributed by atoms with van der Waals surface area (Å²) >= 11 is 0. The molecule has 1 aromatic rings. The molecule has 27 heavy (non-hydrogen) atoms. The third-order valence-corrected chi connectivity index (χ3v) is 3.74.